The van der Waals surface area contributed by atoms with E-state index in [1.807, 2.05) is 0 Å². The van der Waals surface area contributed by atoms with Gasteiger partial charge in [-0.15, -0.1) is 0 Å². The van der Waals surface area contributed by atoms with Crippen LogP contribution >= 0.6 is 0 Å². The first-order chi connectivity index (χ1) is 8.29. The van der Waals surface area contributed by atoms with Crippen LogP contribution in [0.1, 0.15) is 5.56 Å². The lowest BCUT2D eigenvalue weighted by Gasteiger charge is -2.16. The number of hydrogen-bond acceptors (Lipinski definition) is 5. The van der Waals surface area contributed by atoms with Crippen molar-refractivity contribution >= 4 is 11.6 Å². The Hall–Kier alpha value is -2.29. The number of rotatable bonds is 4. The number of halogens is 2. The summed E-state index contributed by atoms with van der Waals surface area (Å²) < 4.78 is 30.4. The van der Waals surface area contributed by atoms with Crippen molar-refractivity contribution in [2.45, 2.75) is 13.0 Å². The molecule has 0 aliphatic carbocycles. The van der Waals surface area contributed by atoms with Crippen LogP contribution < -0.4 is 16.0 Å². The molecule has 1 aromatic rings. The Bertz CT molecular complexity index is 493. The van der Waals surface area contributed by atoms with Crippen molar-refractivity contribution in [3.8, 4) is 5.75 Å². The summed E-state index contributed by atoms with van der Waals surface area (Å²) in [4.78, 5) is 20.6. The number of nitrogens with two attached hydrogens (primary N) is 1. The Kier molecular flexibility index (Phi) is 3.76. The topological polar surface area (TPSA) is 107 Å². The second-order valence-corrected chi connectivity index (χ2v) is 3.25. The third kappa shape index (κ3) is 2.69. The van der Waals surface area contributed by atoms with Gasteiger partial charge in [-0.1, -0.05) is 6.07 Å². The van der Waals surface area contributed by atoms with Crippen molar-refractivity contribution in [2.75, 3.05) is 0 Å². The molecule has 0 atom stereocenters. The van der Waals surface area contributed by atoms with Crippen molar-refractivity contribution in [3.63, 3.8) is 0 Å². The standard InChI is InChI=1S/C9H9F2N3O4/c1-5-6(14(16)17)3-2-4-7(5)18-9(10,11)8(15)13-12/h2-4H,12H2,1H3,(H,13,15). The molecule has 18 heavy (non-hydrogen) atoms. The number of nitro groups is 1. The molecular weight excluding hydrogens is 252 g/mol. The lowest BCUT2D eigenvalue weighted by atomic mass is 10.2. The van der Waals surface area contributed by atoms with E-state index < -0.39 is 28.4 Å². The highest BCUT2D eigenvalue weighted by Crippen LogP contribution is 2.30. The maximum absolute atomic E-state index is 13.1. The van der Waals surface area contributed by atoms with E-state index in [4.69, 9.17) is 0 Å². The minimum Gasteiger partial charge on any atom is -0.425 e. The first-order valence-electron chi connectivity index (χ1n) is 4.61. The zero-order valence-electron chi connectivity index (χ0n) is 9.15. The summed E-state index contributed by atoms with van der Waals surface area (Å²) in [7, 11) is 0. The molecule has 3 N–H and O–H groups in total. The van der Waals surface area contributed by atoms with Crippen LogP contribution in [0.25, 0.3) is 0 Å². The highest BCUT2D eigenvalue weighted by atomic mass is 19.3. The van der Waals surface area contributed by atoms with E-state index in [-0.39, 0.29) is 5.56 Å². The van der Waals surface area contributed by atoms with Gasteiger partial charge in [-0.2, -0.15) is 8.78 Å². The molecular formula is C9H9F2N3O4. The van der Waals surface area contributed by atoms with Crippen molar-refractivity contribution in [1.82, 2.24) is 5.43 Å². The molecule has 0 saturated heterocycles. The molecule has 0 radical (unpaired) electrons. The van der Waals surface area contributed by atoms with Gasteiger partial charge in [0.05, 0.1) is 10.5 Å². The zero-order valence-corrected chi connectivity index (χ0v) is 9.15. The first kappa shape index (κ1) is 13.8. The Morgan fingerprint density at radius 1 is 1.56 bits per heavy atom. The SMILES string of the molecule is Cc1c(OC(F)(F)C(=O)NN)cccc1[N+](=O)[O-]. The second-order valence-electron chi connectivity index (χ2n) is 3.25. The Morgan fingerprint density at radius 2 is 2.17 bits per heavy atom. The molecule has 0 unspecified atom stereocenters. The minimum absolute atomic E-state index is 0.119. The van der Waals surface area contributed by atoms with Crippen LogP contribution in [0.4, 0.5) is 14.5 Å². The van der Waals surface area contributed by atoms with E-state index in [2.05, 4.69) is 10.6 Å². The van der Waals surface area contributed by atoms with Gasteiger partial charge in [-0.3, -0.25) is 20.3 Å². The molecule has 0 spiro atoms. The Balaban J connectivity index is 3.09. The van der Waals surface area contributed by atoms with Gasteiger partial charge in [-0.05, 0) is 13.0 Å². The second kappa shape index (κ2) is 4.92. The van der Waals surface area contributed by atoms with Gasteiger partial charge >= 0.3 is 12.0 Å². The summed E-state index contributed by atoms with van der Waals surface area (Å²) in [6.07, 6.45) is -4.21. The van der Waals surface area contributed by atoms with Crippen LogP contribution in [0.2, 0.25) is 0 Å². The largest absolute Gasteiger partial charge is 0.483 e. The van der Waals surface area contributed by atoms with E-state index in [0.29, 0.717) is 0 Å². The molecule has 0 aromatic heterocycles. The number of nitrogens with zero attached hydrogens (tertiary/aromatic N) is 1. The maximum Gasteiger partial charge on any atom is 0.483 e. The number of benzene rings is 1. The van der Waals surface area contributed by atoms with E-state index in [9.17, 15) is 23.7 Å². The van der Waals surface area contributed by atoms with Crippen LogP contribution in [-0.4, -0.2) is 16.9 Å². The van der Waals surface area contributed by atoms with Gasteiger partial charge in [0.2, 0.25) is 0 Å². The number of hydrogen-bond donors (Lipinski definition) is 2. The van der Waals surface area contributed by atoms with Crippen LogP contribution in [0.15, 0.2) is 18.2 Å². The normalized spacial score (nSPS) is 10.9. The zero-order chi connectivity index (χ0) is 13.9. The average molecular weight is 261 g/mol. The van der Waals surface area contributed by atoms with E-state index in [0.717, 1.165) is 18.2 Å². The van der Waals surface area contributed by atoms with Gasteiger partial charge in [0.1, 0.15) is 5.75 Å². The fourth-order valence-corrected chi connectivity index (χ4v) is 1.18. The summed E-state index contributed by atoms with van der Waals surface area (Å²) in [5.74, 6) is 2.23. The van der Waals surface area contributed by atoms with E-state index in [1.165, 1.54) is 12.3 Å². The summed E-state index contributed by atoms with van der Waals surface area (Å²) in [5.41, 5.74) is 0.724. The minimum atomic E-state index is -4.21. The number of alkyl halides is 2. The molecule has 0 aliphatic rings. The maximum atomic E-state index is 13.1. The summed E-state index contributed by atoms with van der Waals surface area (Å²) >= 11 is 0. The molecule has 98 valence electrons. The van der Waals surface area contributed by atoms with Crippen LogP contribution in [-0.2, 0) is 4.79 Å². The Morgan fingerprint density at radius 3 is 2.67 bits per heavy atom. The monoisotopic (exact) mass is 261 g/mol. The lowest BCUT2D eigenvalue weighted by Crippen LogP contribution is -2.47. The quantitative estimate of drug-likeness (QED) is 0.362. The average Bonchev–Trinajstić information content (AvgIpc) is 2.30. The number of carbonyl (C=O) groups is 1. The third-order valence-corrected chi connectivity index (χ3v) is 2.09. The number of amides is 1. The number of hydrazine groups is 1. The van der Waals surface area contributed by atoms with Crippen LogP contribution in [0.5, 0.6) is 5.75 Å². The molecule has 1 amide bonds. The lowest BCUT2D eigenvalue weighted by molar-refractivity contribution is -0.385. The third-order valence-electron chi connectivity index (χ3n) is 2.09. The molecule has 9 heteroatoms. The van der Waals surface area contributed by atoms with Gasteiger partial charge in [0, 0.05) is 6.07 Å². The van der Waals surface area contributed by atoms with Gasteiger partial charge in [0.15, 0.2) is 0 Å². The molecule has 1 rings (SSSR count). The Labute approximate surface area is 99.6 Å². The van der Waals surface area contributed by atoms with Crippen molar-refractivity contribution in [1.29, 1.82) is 0 Å². The van der Waals surface area contributed by atoms with Crippen molar-refractivity contribution < 1.29 is 23.2 Å². The molecule has 0 bridgehead atoms. The fourth-order valence-electron chi connectivity index (χ4n) is 1.18. The van der Waals surface area contributed by atoms with Crippen molar-refractivity contribution in [2.24, 2.45) is 5.84 Å². The summed E-state index contributed by atoms with van der Waals surface area (Å²) in [5, 5.41) is 10.6. The van der Waals surface area contributed by atoms with E-state index >= 15 is 0 Å². The summed E-state index contributed by atoms with van der Waals surface area (Å²) in [6.45, 7) is 1.23. The highest BCUT2D eigenvalue weighted by Gasteiger charge is 2.42. The van der Waals surface area contributed by atoms with Crippen LogP contribution in [0.3, 0.4) is 0 Å². The van der Waals surface area contributed by atoms with Crippen molar-refractivity contribution in [3.05, 3.63) is 33.9 Å². The fraction of sp³-hybridized carbons (Fsp3) is 0.222. The van der Waals surface area contributed by atoms with Crippen LogP contribution in [0, 0.1) is 17.0 Å². The molecule has 0 fully saturated rings. The number of ether oxygens (including phenoxy) is 1. The molecule has 0 saturated carbocycles. The number of nitrogens with one attached hydrogen (secondary N) is 1. The molecule has 0 heterocycles. The number of carbonyl (C=O) groups excluding carboxylic acids is 1. The smallest absolute Gasteiger partial charge is 0.425 e. The molecule has 1 aromatic carbocycles. The molecule has 7 nitrogen and oxygen atoms in total. The highest BCUT2D eigenvalue weighted by molar-refractivity contribution is 5.81. The molecule has 0 aliphatic heterocycles. The predicted molar refractivity (Wildman–Crippen MR) is 55.7 cm³/mol. The first-order valence-corrected chi connectivity index (χ1v) is 4.61. The van der Waals surface area contributed by atoms with E-state index in [1.54, 1.807) is 0 Å². The van der Waals surface area contributed by atoms with Gasteiger partial charge in [-0.25, -0.2) is 5.84 Å². The van der Waals surface area contributed by atoms with Gasteiger partial charge < -0.3 is 4.74 Å². The number of nitro benzene ring substituents is 1. The summed E-state index contributed by atoms with van der Waals surface area (Å²) in [6, 6.07) is 3.38. The van der Waals surface area contributed by atoms with Gasteiger partial charge in [0.25, 0.3) is 5.69 Å². The predicted octanol–water partition coefficient (Wildman–Crippen LogP) is 0.865.